The summed E-state index contributed by atoms with van der Waals surface area (Å²) in [6, 6.07) is 0. The summed E-state index contributed by atoms with van der Waals surface area (Å²) in [5.41, 5.74) is 2.35. The summed E-state index contributed by atoms with van der Waals surface area (Å²) < 4.78 is 0. The molecule has 0 radical (unpaired) electrons. The molecule has 3 saturated carbocycles. The van der Waals surface area contributed by atoms with E-state index < -0.39 is 0 Å². The molecule has 0 saturated heterocycles. The number of carbonyl (C=O) groups excluding carboxylic acids is 1. The predicted molar refractivity (Wildman–Crippen MR) is 95.5 cm³/mol. The minimum atomic E-state index is 0.322. The molecule has 0 aromatic carbocycles. The Balaban J connectivity index is 1.63. The molecule has 4 aliphatic carbocycles. The van der Waals surface area contributed by atoms with Gasteiger partial charge >= 0.3 is 0 Å². The van der Waals surface area contributed by atoms with E-state index in [1.54, 1.807) is 0 Å². The highest BCUT2D eigenvalue weighted by Crippen LogP contribution is 2.66. The van der Waals surface area contributed by atoms with Crippen LogP contribution in [-0.4, -0.2) is 11.7 Å². The van der Waals surface area contributed by atoms with Crippen molar-refractivity contribution in [2.45, 2.75) is 71.6 Å². The zero-order valence-electron chi connectivity index (χ0n) is 14.7. The molecular weight excluding hydrogens is 304 g/mol. The van der Waals surface area contributed by atoms with Crippen LogP contribution in [0.5, 0.6) is 0 Å². The van der Waals surface area contributed by atoms with Gasteiger partial charge in [0.1, 0.15) is 5.78 Å². The van der Waals surface area contributed by atoms with Crippen molar-refractivity contribution in [2.24, 2.45) is 34.5 Å². The Labute approximate surface area is 146 Å². The van der Waals surface area contributed by atoms with Gasteiger partial charge in [-0.3, -0.25) is 4.79 Å². The molecule has 0 aromatic rings. The van der Waals surface area contributed by atoms with Crippen molar-refractivity contribution in [3.63, 3.8) is 0 Å². The second-order valence-corrected chi connectivity index (χ2v) is 9.65. The highest BCUT2D eigenvalue weighted by atomic mass is 35.5. The molecule has 0 amide bonds. The number of halogens is 1. The first-order chi connectivity index (χ1) is 11.0. The van der Waals surface area contributed by atoms with Crippen LogP contribution in [0, 0.1) is 34.5 Å². The molecular formula is C21H31ClO. The quantitative estimate of drug-likeness (QED) is 0.463. The Hall–Kier alpha value is -0.300. The van der Waals surface area contributed by atoms with E-state index in [4.69, 9.17) is 11.6 Å². The lowest BCUT2D eigenvalue weighted by atomic mass is 9.47. The van der Waals surface area contributed by atoms with Crippen LogP contribution in [0.1, 0.15) is 71.6 Å². The summed E-state index contributed by atoms with van der Waals surface area (Å²) in [5, 5.41) is 0. The lowest BCUT2D eigenvalue weighted by molar-refractivity contribution is -0.122. The van der Waals surface area contributed by atoms with Crippen molar-refractivity contribution in [2.75, 3.05) is 5.88 Å². The van der Waals surface area contributed by atoms with E-state index in [1.807, 2.05) is 0 Å². The normalized spacial score (nSPS) is 49.2. The summed E-state index contributed by atoms with van der Waals surface area (Å²) in [6.45, 7) is 5.06. The second kappa shape index (κ2) is 5.61. The van der Waals surface area contributed by atoms with Crippen molar-refractivity contribution in [3.05, 3.63) is 11.6 Å². The van der Waals surface area contributed by atoms with Crippen LogP contribution in [0.4, 0.5) is 0 Å². The monoisotopic (exact) mass is 334 g/mol. The van der Waals surface area contributed by atoms with Gasteiger partial charge in [-0.15, -0.1) is 11.6 Å². The van der Waals surface area contributed by atoms with Gasteiger partial charge in [0.15, 0.2) is 0 Å². The molecule has 2 heteroatoms. The molecule has 0 N–H and O–H groups in total. The minimum Gasteiger partial charge on any atom is -0.299 e. The maximum absolute atomic E-state index is 11.9. The van der Waals surface area contributed by atoms with E-state index in [2.05, 4.69) is 19.9 Å². The number of carbonyl (C=O) groups is 1. The van der Waals surface area contributed by atoms with E-state index in [1.165, 1.54) is 44.1 Å². The average molecular weight is 335 g/mol. The van der Waals surface area contributed by atoms with Gasteiger partial charge < -0.3 is 0 Å². The van der Waals surface area contributed by atoms with Gasteiger partial charge in [-0.1, -0.05) is 25.5 Å². The molecule has 0 bridgehead atoms. The van der Waals surface area contributed by atoms with Crippen LogP contribution in [0.15, 0.2) is 11.6 Å². The molecule has 3 fully saturated rings. The van der Waals surface area contributed by atoms with Gasteiger partial charge in [0.25, 0.3) is 0 Å². The van der Waals surface area contributed by atoms with Crippen LogP contribution < -0.4 is 0 Å². The van der Waals surface area contributed by atoms with Gasteiger partial charge in [0, 0.05) is 18.7 Å². The van der Waals surface area contributed by atoms with E-state index in [0.29, 0.717) is 16.6 Å². The number of hydrogen-bond donors (Lipinski definition) is 0. The minimum absolute atomic E-state index is 0.322. The van der Waals surface area contributed by atoms with Crippen molar-refractivity contribution in [3.8, 4) is 0 Å². The van der Waals surface area contributed by atoms with E-state index in [0.717, 1.165) is 48.8 Å². The highest BCUT2D eigenvalue weighted by Gasteiger charge is 2.58. The highest BCUT2D eigenvalue weighted by molar-refractivity contribution is 6.17. The molecule has 0 aliphatic heterocycles. The molecule has 4 rings (SSSR count). The molecule has 6 atom stereocenters. The third kappa shape index (κ3) is 2.29. The summed E-state index contributed by atoms with van der Waals surface area (Å²) in [5.74, 6) is 4.71. The third-order valence-corrected chi connectivity index (χ3v) is 8.81. The van der Waals surface area contributed by atoms with Crippen molar-refractivity contribution in [1.82, 2.24) is 0 Å². The summed E-state index contributed by atoms with van der Waals surface area (Å²) >= 11 is 6.10. The molecule has 0 aromatic heterocycles. The summed E-state index contributed by atoms with van der Waals surface area (Å²) in [4.78, 5) is 11.9. The zero-order chi connectivity index (χ0) is 16.2. The first kappa shape index (κ1) is 16.2. The fraction of sp³-hybridized carbons (Fsp3) is 0.857. The second-order valence-electron chi connectivity index (χ2n) is 9.27. The van der Waals surface area contributed by atoms with E-state index in [-0.39, 0.29) is 0 Å². The maximum Gasteiger partial charge on any atom is 0.136 e. The van der Waals surface area contributed by atoms with Crippen LogP contribution in [0.3, 0.4) is 0 Å². The predicted octanol–water partition coefficient (Wildman–Crippen LogP) is 5.76. The maximum atomic E-state index is 11.9. The number of alkyl halides is 1. The van der Waals surface area contributed by atoms with Crippen LogP contribution in [-0.2, 0) is 4.79 Å². The Morgan fingerprint density at radius 3 is 2.78 bits per heavy atom. The van der Waals surface area contributed by atoms with E-state index >= 15 is 0 Å². The molecule has 0 unspecified atom stereocenters. The lowest BCUT2D eigenvalue weighted by Gasteiger charge is -2.57. The van der Waals surface area contributed by atoms with E-state index in [9.17, 15) is 4.79 Å². The van der Waals surface area contributed by atoms with Gasteiger partial charge in [0.2, 0.25) is 0 Å². The van der Waals surface area contributed by atoms with Crippen molar-refractivity contribution < 1.29 is 4.79 Å². The molecule has 4 aliphatic rings. The van der Waals surface area contributed by atoms with Crippen LogP contribution in [0.2, 0.25) is 0 Å². The summed E-state index contributed by atoms with van der Waals surface area (Å²) in [7, 11) is 0. The number of fused-ring (bicyclic) bond motifs is 5. The average Bonchev–Trinajstić information content (AvgIpc) is 2.85. The Morgan fingerprint density at radius 2 is 2.00 bits per heavy atom. The van der Waals surface area contributed by atoms with Crippen LogP contribution in [0.25, 0.3) is 0 Å². The Kier molecular flexibility index (Phi) is 3.95. The van der Waals surface area contributed by atoms with Gasteiger partial charge in [-0.25, -0.2) is 0 Å². The molecule has 0 heterocycles. The number of hydrogen-bond acceptors (Lipinski definition) is 1. The number of allylic oxidation sites excluding steroid dienone is 2. The topological polar surface area (TPSA) is 17.1 Å². The molecule has 128 valence electrons. The molecule has 0 spiro atoms. The number of Topliss-reactive ketones (excluding diaryl/α,β-unsaturated/α-hetero) is 1. The summed E-state index contributed by atoms with van der Waals surface area (Å²) in [6.07, 6.45) is 13.2. The molecule has 1 nitrogen and oxygen atoms in total. The van der Waals surface area contributed by atoms with Crippen LogP contribution >= 0.6 is 11.6 Å². The first-order valence-electron chi connectivity index (χ1n) is 9.76. The van der Waals surface area contributed by atoms with Gasteiger partial charge in [-0.2, -0.15) is 0 Å². The van der Waals surface area contributed by atoms with Gasteiger partial charge in [0.05, 0.1) is 0 Å². The first-order valence-corrected chi connectivity index (χ1v) is 10.3. The zero-order valence-corrected chi connectivity index (χ0v) is 15.5. The standard InChI is InChI=1S/C21H31ClO/c1-20-11-8-19-17(18(20)6-4-14(20)9-12-22)5-3-15-13-16(23)7-10-21(15,19)2/h3,14,17-19H,4-13H2,1-2H3/t14-,17+,18+,19+,20-,21+/m1/s1. The number of rotatable bonds is 2. The van der Waals surface area contributed by atoms with Crippen molar-refractivity contribution >= 4 is 17.4 Å². The lowest BCUT2D eigenvalue weighted by Crippen LogP contribution is -2.50. The fourth-order valence-corrected chi connectivity index (χ4v) is 7.45. The third-order valence-electron chi connectivity index (χ3n) is 8.59. The number of ketones is 1. The van der Waals surface area contributed by atoms with Crippen molar-refractivity contribution in [1.29, 1.82) is 0 Å². The molecule has 23 heavy (non-hydrogen) atoms. The smallest absolute Gasteiger partial charge is 0.136 e. The Bertz CT molecular complexity index is 538. The fourth-order valence-electron chi connectivity index (χ4n) is 7.19. The van der Waals surface area contributed by atoms with Gasteiger partial charge in [-0.05, 0) is 79.4 Å². The SMILES string of the molecule is C[C@]12CC[C@H]3[C@@H](CC=C4CC(=O)CC[C@@]43C)[C@@H]1CC[C@@H]2CCCl. The Morgan fingerprint density at radius 1 is 1.17 bits per heavy atom. The largest absolute Gasteiger partial charge is 0.299 e.